The quantitative estimate of drug-likeness (QED) is 0.727. The predicted molar refractivity (Wildman–Crippen MR) is 119 cm³/mol. The summed E-state index contributed by atoms with van der Waals surface area (Å²) < 4.78 is 7.69. The Morgan fingerprint density at radius 3 is 2.80 bits per heavy atom. The first kappa shape index (κ1) is 22.1. The Morgan fingerprint density at radius 2 is 2.07 bits per heavy atom. The molecule has 2 heterocycles. The van der Waals surface area contributed by atoms with Gasteiger partial charge in [-0.15, -0.1) is 0 Å². The number of benzene rings is 1. The summed E-state index contributed by atoms with van der Waals surface area (Å²) in [5.74, 6) is 0.650. The van der Waals surface area contributed by atoms with Gasteiger partial charge in [-0.25, -0.2) is 4.79 Å². The Labute approximate surface area is 178 Å². The molecule has 1 aliphatic rings. The molecule has 0 aliphatic carbocycles. The molecule has 30 heavy (non-hydrogen) atoms. The second-order valence-corrected chi connectivity index (χ2v) is 8.49. The van der Waals surface area contributed by atoms with E-state index in [2.05, 4.69) is 29.4 Å². The van der Waals surface area contributed by atoms with E-state index in [1.54, 1.807) is 19.0 Å². The molecule has 8 heteroatoms. The maximum absolute atomic E-state index is 12.3. The first-order valence-electron chi connectivity index (χ1n) is 10.5. The summed E-state index contributed by atoms with van der Waals surface area (Å²) in [4.78, 5) is 28.3. The van der Waals surface area contributed by atoms with Gasteiger partial charge in [-0.05, 0) is 30.2 Å². The number of carbonyl (C=O) groups is 2. The van der Waals surface area contributed by atoms with Gasteiger partial charge in [0, 0.05) is 63.1 Å². The van der Waals surface area contributed by atoms with E-state index in [9.17, 15) is 9.59 Å². The lowest BCUT2D eigenvalue weighted by Gasteiger charge is -2.33. The number of nitrogens with zero attached hydrogens (tertiary/aromatic N) is 3. The lowest BCUT2D eigenvalue weighted by atomic mass is 10.2. The van der Waals surface area contributed by atoms with Crippen molar-refractivity contribution in [2.45, 2.75) is 26.5 Å². The van der Waals surface area contributed by atoms with Gasteiger partial charge < -0.3 is 24.8 Å². The van der Waals surface area contributed by atoms with E-state index in [1.807, 2.05) is 35.0 Å². The molecule has 0 spiro atoms. The first-order valence-corrected chi connectivity index (χ1v) is 10.5. The van der Waals surface area contributed by atoms with Crippen molar-refractivity contribution in [3.63, 3.8) is 0 Å². The van der Waals surface area contributed by atoms with Crippen molar-refractivity contribution in [2.75, 3.05) is 52.2 Å². The zero-order valence-corrected chi connectivity index (χ0v) is 18.4. The number of aromatic nitrogens is 1. The summed E-state index contributed by atoms with van der Waals surface area (Å²) in [6.07, 6.45) is 1.90. The molecule has 1 unspecified atom stereocenters. The number of carbonyl (C=O) groups excluding carboxylic acids is 2. The molecule has 0 bridgehead atoms. The van der Waals surface area contributed by atoms with Gasteiger partial charge in [-0.3, -0.25) is 9.69 Å². The first-order chi connectivity index (χ1) is 14.3. The van der Waals surface area contributed by atoms with Gasteiger partial charge >= 0.3 is 6.03 Å². The molecular weight excluding hydrogens is 382 g/mol. The molecule has 1 aromatic carbocycles. The van der Waals surface area contributed by atoms with Gasteiger partial charge in [0.2, 0.25) is 5.91 Å². The second-order valence-electron chi connectivity index (χ2n) is 8.49. The molecule has 3 rings (SSSR count). The van der Waals surface area contributed by atoms with Gasteiger partial charge in [0.25, 0.3) is 0 Å². The van der Waals surface area contributed by atoms with Crippen molar-refractivity contribution in [1.82, 2.24) is 19.7 Å². The van der Waals surface area contributed by atoms with E-state index in [4.69, 9.17) is 4.74 Å². The van der Waals surface area contributed by atoms with Crippen LogP contribution >= 0.6 is 0 Å². The smallest absolute Gasteiger partial charge is 0.319 e. The van der Waals surface area contributed by atoms with Crippen LogP contribution in [0.4, 0.5) is 10.5 Å². The van der Waals surface area contributed by atoms with E-state index in [1.165, 1.54) is 0 Å². The Bertz CT molecular complexity index is 877. The molecule has 2 N–H and O–H groups in total. The van der Waals surface area contributed by atoms with Gasteiger partial charge in [0.05, 0.1) is 12.7 Å². The van der Waals surface area contributed by atoms with Crippen molar-refractivity contribution in [3.8, 4) is 0 Å². The fourth-order valence-corrected chi connectivity index (χ4v) is 3.67. The van der Waals surface area contributed by atoms with Crippen LogP contribution in [0.5, 0.6) is 0 Å². The number of amides is 3. The zero-order chi connectivity index (χ0) is 21.7. The lowest BCUT2D eigenvalue weighted by Crippen LogP contribution is -2.48. The number of rotatable bonds is 7. The van der Waals surface area contributed by atoms with Crippen molar-refractivity contribution in [3.05, 3.63) is 30.5 Å². The number of likely N-dealkylation sites (N-methyl/N-ethyl adjacent to an activating group) is 1. The molecule has 1 saturated heterocycles. The maximum Gasteiger partial charge on any atom is 0.319 e. The SMILES string of the molecule is CC(C)CN1CCOC(CNC(=O)Nc2ccc3c(ccn3CC(=O)N(C)C)c2)C1. The molecule has 8 nitrogen and oxygen atoms in total. The number of morpholine rings is 1. The fourth-order valence-electron chi connectivity index (χ4n) is 3.67. The third-order valence-electron chi connectivity index (χ3n) is 5.17. The molecule has 1 aromatic heterocycles. The number of hydrogen-bond acceptors (Lipinski definition) is 4. The molecule has 1 fully saturated rings. The van der Waals surface area contributed by atoms with Crippen LogP contribution in [0.15, 0.2) is 30.5 Å². The average Bonchev–Trinajstić information content (AvgIpc) is 3.08. The van der Waals surface area contributed by atoms with Crippen molar-refractivity contribution in [2.24, 2.45) is 5.92 Å². The minimum Gasteiger partial charge on any atom is -0.374 e. The standard InChI is InChI=1S/C22H33N5O3/c1-16(2)13-26-9-10-30-19(14-26)12-23-22(29)24-18-5-6-20-17(11-18)7-8-27(20)15-21(28)25(3)4/h5-8,11,16,19H,9-10,12-15H2,1-4H3,(H2,23,24,29). The number of ether oxygens (including phenoxy) is 1. The highest BCUT2D eigenvalue weighted by molar-refractivity contribution is 5.93. The zero-order valence-electron chi connectivity index (χ0n) is 18.4. The lowest BCUT2D eigenvalue weighted by molar-refractivity contribution is -0.129. The van der Waals surface area contributed by atoms with Crippen LogP contribution in [0.3, 0.4) is 0 Å². The van der Waals surface area contributed by atoms with E-state index >= 15 is 0 Å². The molecule has 1 aliphatic heterocycles. The van der Waals surface area contributed by atoms with Crippen molar-refractivity contribution >= 4 is 28.5 Å². The monoisotopic (exact) mass is 415 g/mol. The van der Waals surface area contributed by atoms with Crippen LogP contribution in [0, 0.1) is 5.92 Å². The Morgan fingerprint density at radius 1 is 1.27 bits per heavy atom. The van der Waals surface area contributed by atoms with Crippen molar-refractivity contribution in [1.29, 1.82) is 0 Å². The number of fused-ring (bicyclic) bond motifs is 1. The minimum absolute atomic E-state index is 0.00833. The van der Waals surface area contributed by atoms with Crippen LogP contribution in [0.1, 0.15) is 13.8 Å². The largest absolute Gasteiger partial charge is 0.374 e. The summed E-state index contributed by atoms with van der Waals surface area (Å²) in [5.41, 5.74) is 1.67. The summed E-state index contributed by atoms with van der Waals surface area (Å²) in [5, 5.41) is 6.76. The third kappa shape index (κ3) is 5.96. The summed E-state index contributed by atoms with van der Waals surface area (Å²) in [6.45, 7) is 8.72. The summed E-state index contributed by atoms with van der Waals surface area (Å²) in [6, 6.07) is 7.37. The fraction of sp³-hybridized carbons (Fsp3) is 0.545. The summed E-state index contributed by atoms with van der Waals surface area (Å²) >= 11 is 0. The minimum atomic E-state index is -0.249. The van der Waals surface area contributed by atoms with E-state index in [-0.39, 0.29) is 18.0 Å². The highest BCUT2D eigenvalue weighted by Gasteiger charge is 2.21. The Kier molecular flexibility index (Phi) is 7.33. The predicted octanol–water partition coefficient (Wildman–Crippen LogP) is 2.21. The molecule has 2 aromatic rings. The Hall–Kier alpha value is -2.58. The van der Waals surface area contributed by atoms with Crippen LogP contribution in [-0.4, -0.2) is 79.3 Å². The highest BCUT2D eigenvalue weighted by Crippen LogP contribution is 2.20. The van der Waals surface area contributed by atoms with Gasteiger partial charge in [0.1, 0.15) is 6.54 Å². The normalized spacial score (nSPS) is 17.3. The average molecular weight is 416 g/mol. The van der Waals surface area contributed by atoms with Crippen LogP contribution < -0.4 is 10.6 Å². The number of nitrogens with one attached hydrogen (secondary N) is 2. The van der Waals surface area contributed by atoms with E-state index in [0.717, 1.165) is 30.5 Å². The molecule has 3 amide bonds. The maximum atomic E-state index is 12.3. The van der Waals surface area contributed by atoms with Gasteiger partial charge in [-0.1, -0.05) is 13.8 Å². The molecule has 1 atom stereocenters. The van der Waals surface area contributed by atoms with Gasteiger partial charge in [-0.2, -0.15) is 0 Å². The van der Waals surface area contributed by atoms with Crippen LogP contribution in [-0.2, 0) is 16.1 Å². The highest BCUT2D eigenvalue weighted by atomic mass is 16.5. The number of hydrogen-bond donors (Lipinski definition) is 2. The van der Waals surface area contributed by atoms with E-state index < -0.39 is 0 Å². The molecule has 0 radical (unpaired) electrons. The summed E-state index contributed by atoms with van der Waals surface area (Å²) in [7, 11) is 3.49. The number of urea groups is 1. The van der Waals surface area contributed by atoms with Gasteiger partial charge in [0.15, 0.2) is 0 Å². The second kappa shape index (κ2) is 9.95. The Balaban J connectivity index is 1.52. The molecule has 0 saturated carbocycles. The topological polar surface area (TPSA) is 78.8 Å². The molecule has 164 valence electrons. The van der Waals surface area contributed by atoms with Crippen LogP contribution in [0.25, 0.3) is 10.9 Å². The molecular formula is C22H33N5O3. The van der Waals surface area contributed by atoms with Crippen molar-refractivity contribution < 1.29 is 14.3 Å². The third-order valence-corrected chi connectivity index (χ3v) is 5.17. The number of anilines is 1. The van der Waals surface area contributed by atoms with E-state index in [0.29, 0.717) is 31.3 Å². The van der Waals surface area contributed by atoms with Crippen LogP contribution in [0.2, 0.25) is 0 Å².